The summed E-state index contributed by atoms with van der Waals surface area (Å²) in [4.78, 5) is 15.2. The summed E-state index contributed by atoms with van der Waals surface area (Å²) in [7, 11) is -0.855. The van der Waals surface area contributed by atoms with Crippen LogP contribution in [0.5, 0.6) is 0 Å². The Balaban J connectivity index is 2.24. The fraction of sp³-hybridized carbons (Fsp3) is 0.667. The highest BCUT2D eigenvalue weighted by Gasteiger charge is 2.08. The van der Waals surface area contributed by atoms with Crippen molar-refractivity contribution in [1.29, 1.82) is 0 Å². The van der Waals surface area contributed by atoms with Crippen LogP contribution in [0.4, 0.5) is 5.95 Å². The van der Waals surface area contributed by atoms with Crippen LogP contribution in [0, 0.1) is 0 Å². The predicted molar refractivity (Wildman–Crippen MR) is 65.6 cm³/mol. The molecule has 0 aliphatic rings. The zero-order valence-corrected chi connectivity index (χ0v) is 10.7. The van der Waals surface area contributed by atoms with Crippen LogP contribution in [-0.4, -0.2) is 42.9 Å². The van der Waals surface area contributed by atoms with Gasteiger partial charge in [0.1, 0.15) is 12.9 Å². The number of amides is 1. The molecule has 0 saturated heterocycles. The Morgan fingerprint density at radius 1 is 1.71 bits per heavy atom. The number of anilines is 1. The summed E-state index contributed by atoms with van der Waals surface area (Å²) < 4.78 is 12.4. The number of hydrogen-bond donors (Lipinski definition) is 2. The van der Waals surface area contributed by atoms with Crippen LogP contribution >= 0.6 is 0 Å². The molecule has 1 aromatic rings. The van der Waals surface area contributed by atoms with Crippen molar-refractivity contribution >= 4 is 22.7 Å². The Labute approximate surface area is 102 Å². The SMILES string of the molecule is CC(CCNC(=O)Cn1cnc(N)n1)S(C)=O. The molecule has 0 spiro atoms. The van der Waals surface area contributed by atoms with Crippen LogP contribution in [0.25, 0.3) is 0 Å². The smallest absolute Gasteiger partial charge is 0.241 e. The van der Waals surface area contributed by atoms with Gasteiger partial charge in [-0.15, -0.1) is 5.10 Å². The van der Waals surface area contributed by atoms with Gasteiger partial charge in [0.25, 0.3) is 0 Å². The fourth-order valence-corrected chi connectivity index (χ4v) is 1.62. The highest BCUT2D eigenvalue weighted by Crippen LogP contribution is 1.97. The van der Waals surface area contributed by atoms with Crippen molar-refractivity contribution in [3.63, 3.8) is 0 Å². The molecule has 8 heteroatoms. The summed E-state index contributed by atoms with van der Waals surface area (Å²) in [5.41, 5.74) is 5.32. The molecule has 17 heavy (non-hydrogen) atoms. The maximum absolute atomic E-state index is 11.5. The van der Waals surface area contributed by atoms with E-state index in [-0.39, 0.29) is 23.7 Å². The van der Waals surface area contributed by atoms with Gasteiger partial charge in [0, 0.05) is 28.9 Å². The Kier molecular flexibility index (Phi) is 5.08. The van der Waals surface area contributed by atoms with Gasteiger partial charge >= 0.3 is 0 Å². The maximum Gasteiger partial charge on any atom is 0.241 e. The molecule has 7 nitrogen and oxygen atoms in total. The second-order valence-electron chi connectivity index (χ2n) is 3.75. The highest BCUT2D eigenvalue weighted by molar-refractivity contribution is 7.84. The standard InChI is InChI=1S/C9H17N5O2S/c1-7(17(2)16)3-4-11-8(15)5-14-6-12-9(10)13-14/h6-7H,3-5H2,1-2H3,(H2,10,13)(H,11,15). The molecule has 0 fully saturated rings. The number of nitrogens with zero attached hydrogens (tertiary/aromatic N) is 3. The minimum atomic E-state index is -0.855. The average molecular weight is 259 g/mol. The molecule has 1 heterocycles. The second kappa shape index (κ2) is 6.33. The summed E-state index contributed by atoms with van der Waals surface area (Å²) in [5, 5.41) is 6.60. The Hall–Kier alpha value is -1.44. The number of carbonyl (C=O) groups is 1. The van der Waals surface area contributed by atoms with Crippen LogP contribution in [0.1, 0.15) is 13.3 Å². The van der Waals surface area contributed by atoms with Gasteiger partial charge in [0.15, 0.2) is 0 Å². The van der Waals surface area contributed by atoms with Crippen LogP contribution in [-0.2, 0) is 22.1 Å². The number of carbonyl (C=O) groups excluding carboxylic acids is 1. The average Bonchev–Trinajstić information content (AvgIpc) is 2.63. The van der Waals surface area contributed by atoms with Crippen LogP contribution in [0.15, 0.2) is 6.33 Å². The molecule has 0 radical (unpaired) electrons. The molecule has 0 bridgehead atoms. The van der Waals surface area contributed by atoms with E-state index in [9.17, 15) is 9.00 Å². The summed E-state index contributed by atoms with van der Waals surface area (Å²) in [5.74, 6) is -0.0169. The molecule has 1 aromatic heterocycles. The van der Waals surface area contributed by atoms with Crippen molar-refractivity contribution in [3.8, 4) is 0 Å². The third-order valence-electron chi connectivity index (χ3n) is 2.30. The number of nitrogen functional groups attached to an aromatic ring is 1. The lowest BCUT2D eigenvalue weighted by atomic mass is 10.3. The van der Waals surface area contributed by atoms with Gasteiger partial charge in [-0.05, 0) is 6.42 Å². The van der Waals surface area contributed by atoms with Crippen molar-refractivity contribution in [2.24, 2.45) is 0 Å². The molecule has 3 N–H and O–H groups in total. The van der Waals surface area contributed by atoms with Gasteiger partial charge < -0.3 is 11.1 Å². The molecule has 0 saturated carbocycles. The van der Waals surface area contributed by atoms with Gasteiger partial charge in [0.05, 0.1) is 0 Å². The second-order valence-corrected chi connectivity index (χ2v) is 5.55. The number of rotatable bonds is 6. The quantitative estimate of drug-likeness (QED) is 0.691. The summed E-state index contributed by atoms with van der Waals surface area (Å²) in [6.07, 6.45) is 3.75. The molecule has 0 aromatic carbocycles. The van der Waals surface area contributed by atoms with Crippen molar-refractivity contribution in [1.82, 2.24) is 20.1 Å². The van der Waals surface area contributed by atoms with E-state index in [1.807, 2.05) is 6.92 Å². The minimum absolute atomic E-state index is 0.0808. The summed E-state index contributed by atoms with van der Waals surface area (Å²) >= 11 is 0. The lowest BCUT2D eigenvalue weighted by Crippen LogP contribution is -2.30. The molecule has 1 amide bonds. The van der Waals surface area contributed by atoms with E-state index in [1.165, 1.54) is 11.0 Å². The number of aromatic nitrogens is 3. The normalized spacial score (nSPS) is 14.2. The Morgan fingerprint density at radius 3 is 2.94 bits per heavy atom. The molecule has 1 rings (SSSR count). The highest BCUT2D eigenvalue weighted by atomic mass is 32.2. The first-order chi connectivity index (χ1) is 7.99. The lowest BCUT2D eigenvalue weighted by Gasteiger charge is -2.09. The van der Waals surface area contributed by atoms with E-state index in [0.717, 1.165) is 0 Å². The van der Waals surface area contributed by atoms with Crippen molar-refractivity contribution < 1.29 is 9.00 Å². The van der Waals surface area contributed by atoms with Crippen molar-refractivity contribution in [2.75, 3.05) is 18.5 Å². The minimum Gasteiger partial charge on any atom is -0.367 e. The zero-order valence-electron chi connectivity index (χ0n) is 9.92. The zero-order chi connectivity index (χ0) is 12.8. The number of nitrogens with two attached hydrogens (primary N) is 1. The Bertz CT molecular complexity index is 406. The van der Waals surface area contributed by atoms with E-state index in [4.69, 9.17) is 5.73 Å². The van der Waals surface area contributed by atoms with Gasteiger partial charge in [-0.1, -0.05) is 6.92 Å². The van der Waals surface area contributed by atoms with E-state index >= 15 is 0 Å². The van der Waals surface area contributed by atoms with Crippen molar-refractivity contribution in [2.45, 2.75) is 25.1 Å². The summed E-state index contributed by atoms with van der Waals surface area (Å²) in [6, 6.07) is 0. The fourth-order valence-electron chi connectivity index (χ4n) is 1.17. The topological polar surface area (TPSA) is 103 Å². The van der Waals surface area contributed by atoms with E-state index in [2.05, 4.69) is 15.4 Å². The number of hydrogen-bond acceptors (Lipinski definition) is 5. The molecule has 0 aliphatic heterocycles. The molecular weight excluding hydrogens is 242 g/mol. The van der Waals surface area contributed by atoms with E-state index < -0.39 is 10.8 Å². The Morgan fingerprint density at radius 2 is 2.41 bits per heavy atom. The van der Waals surface area contributed by atoms with Crippen LogP contribution in [0.2, 0.25) is 0 Å². The van der Waals surface area contributed by atoms with Crippen LogP contribution < -0.4 is 11.1 Å². The predicted octanol–water partition coefficient (Wildman–Crippen LogP) is -0.866. The monoisotopic (exact) mass is 259 g/mol. The van der Waals surface area contributed by atoms with Gasteiger partial charge in [-0.2, -0.15) is 0 Å². The molecular formula is C9H17N5O2S. The first kappa shape index (κ1) is 13.6. The molecule has 2 atom stereocenters. The molecule has 0 aliphatic carbocycles. The molecule has 96 valence electrons. The van der Waals surface area contributed by atoms with Gasteiger partial charge in [-0.25, -0.2) is 9.67 Å². The van der Waals surface area contributed by atoms with Crippen molar-refractivity contribution in [3.05, 3.63) is 6.33 Å². The van der Waals surface area contributed by atoms with Gasteiger partial charge in [-0.3, -0.25) is 9.00 Å². The first-order valence-corrected chi connectivity index (χ1v) is 6.85. The third kappa shape index (κ3) is 4.94. The van der Waals surface area contributed by atoms with E-state index in [0.29, 0.717) is 13.0 Å². The largest absolute Gasteiger partial charge is 0.367 e. The maximum atomic E-state index is 11.5. The third-order valence-corrected chi connectivity index (χ3v) is 3.67. The van der Waals surface area contributed by atoms with E-state index in [1.54, 1.807) is 6.26 Å². The first-order valence-electron chi connectivity index (χ1n) is 5.23. The number of nitrogens with one attached hydrogen (secondary N) is 1. The molecule has 2 unspecified atom stereocenters. The van der Waals surface area contributed by atoms with Crippen LogP contribution in [0.3, 0.4) is 0 Å². The lowest BCUT2D eigenvalue weighted by molar-refractivity contribution is -0.121. The summed E-state index contributed by atoms with van der Waals surface area (Å²) in [6.45, 7) is 2.48. The van der Waals surface area contributed by atoms with Gasteiger partial charge in [0.2, 0.25) is 11.9 Å².